The number of nitrogens with zero attached hydrogens (tertiary/aromatic N) is 3. The molecule has 2 heterocycles. The summed E-state index contributed by atoms with van der Waals surface area (Å²) in [5.41, 5.74) is 4.33. The van der Waals surface area contributed by atoms with Crippen molar-refractivity contribution in [2.45, 2.75) is 33.6 Å². The first-order valence-electron chi connectivity index (χ1n) is 11.9. The number of carbonyl (C=O) groups excluding carboxylic acids is 1. The number of aryl methyl sites for hydroxylation is 2. The maximum absolute atomic E-state index is 12.5. The molecule has 0 aliphatic carbocycles. The Morgan fingerprint density at radius 2 is 1.97 bits per heavy atom. The Morgan fingerprint density at radius 3 is 2.76 bits per heavy atom. The van der Waals surface area contributed by atoms with Crippen LogP contribution in [0, 0.1) is 13.8 Å². The number of rotatable bonds is 9. The molecule has 3 aromatic rings. The predicted molar refractivity (Wildman–Crippen MR) is 137 cm³/mol. The fourth-order valence-corrected chi connectivity index (χ4v) is 5.22. The van der Waals surface area contributed by atoms with Crippen LogP contribution in [0.25, 0.3) is 10.2 Å². The monoisotopic (exact) mass is 466 g/mol. The third-order valence-electron chi connectivity index (χ3n) is 6.03. The van der Waals surface area contributed by atoms with Crippen molar-refractivity contribution < 1.29 is 9.53 Å². The molecule has 0 saturated carbocycles. The maximum atomic E-state index is 12.5. The van der Waals surface area contributed by atoms with E-state index in [0.717, 1.165) is 62.0 Å². The third-order valence-corrected chi connectivity index (χ3v) is 7.30. The Kier molecular flexibility index (Phi) is 7.83. The number of piperazine rings is 1. The van der Waals surface area contributed by atoms with Gasteiger partial charge in [-0.3, -0.25) is 9.69 Å². The van der Waals surface area contributed by atoms with Crippen molar-refractivity contribution in [3.8, 4) is 5.75 Å². The molecule has 1 amide bonds. The summed E-state index contributed by atoms with van der Waals surface area (Å²) < 4.78 is 7.01. The molecule has 33 heavy (non-hydrogen) atoms. The Morgan fingerprint density at radius 1 is 1.15 bits per heavy atom. The fourth-order valence-electron chi connectivity index (χ4n) is 4.15. The molecular weight excluding hydrogens is 432 g/mol. The van der Waals surface area contributed by atoms with Crippen LogP contribution in [0.2, 0.25) is 0 Å². The second kappa shape index (κ2) is 11.0. The van der Waals surface area contributed by atoms with Crippen molar-refractivity contribution in [3.05, 3.63) is 53.1 Å². The summed E-state index contributed by atoms with van der Waals surface area (Å²) in [5, 5.41) is 4.17. The Bertz CT molecular complexity index is 1090. The zero-order chi connectivity index (χ0) is 23.2. The van der Waals surface area contributed by atoms with Crippen LogP contribution < -0.4 is 15.0 Å². The molecule has 1 saturated heterocycles. The minimum Gasteiger partial charge on any atom is -0.494 e. The quantitative estimate of drug-likeness (QED) is 0.466. The van der Waals surface area contributed by atoms with Crippen LogP contribution in [0.4, 0.5) is 5.13 Å². The van der Waals surface area contributed by atoms with Gasteiger partial charge >= 0.3 is 0 Å². The van der Waals surface area contributed by atoms with E-state index >= 15 is 0 Å². The van der Waals surface area contributed by atoms with E-state index in [-0.39, 0.29) is 5.91 Å². The lowest BCUT2D eigenvalue weighted by Crippen LogP contribution is -2.48. The maximum Gasteiger partial charge on any atom is 0.251 e. The second-order valence-corrected chi connectivity index (χ2v) is 9.72. The van der Waals surface area contributed by atoms with E-state index in [0.29, 0.717) is 18.7 Å². The molecule has 1 fully saturated rings. The average molecular weight is 467 g/mol. The van der Waals surface area contributed by atoms with E-state index in [4.69, 9.17) is 9.72 Å². The van der Waals surface area contributed by atoms with Gasteiger partial charge in [0, 0.05) is 44.8 Å². The van der Waals surface area contributed by atoms with Gasteiger partial charge in [-0.05, 0) is 55.7 Å². The normalized spacial score (nSPS) is 14.6. The van der Waals surface area contributed by atoms with Crippen LogP contribution in [-0.4, -0.2) is 61.7 Å². The zero-order valence-corrected chi connectivity index (χ0v) is 20.7. The van der Waals surface area contributed by atoms with Gasteiger partial charge in [0.15, 0.2) is 5.13 Å². The van der Waals surface area contributed by atoms with Crippen LogP contribution in [-0.2, 0) is 0 Å². The Balaban J connectivity index is 1.23. The lowest BCUT2D eigenvalue weighted by Gasteiger charge is -2.34. The van der Waals surface area contributed by atoms with Gasteiger partial charge in [-0.25, -0.2) is 4.98 Å². The summed E-state index contributed by atoms with van der Waals surface area (Å²) in [4.78, 5) is 22.2. The number of hydrogen-bond acceptors (Lipinski definition) is 6. The van der Waals surface area contributed by atoms with Crippen LogP contribution >= 0.6 is 11.3 Å². The molecule has 1 aliphatic heterocycles. The van der Waals surface area contributed by atoms with Crippen molar-refractivity contribution in [3.63, 3.8) is 0 Å². The minimum absolute atomic E-state index is 0.0466. The summed E-state index contributed by atoms with van der Waals surface area (Å²) >= 11 is 1.80. The van der Waals surface area contributed by atoms with Crippen molar-refractivity contribution in [2.24, 2.45) is 0 Å². The molecule has 6 nitrogen and oxygen atoms in total. The average Bonchev–Trinajstić information content (AvgIpc) is 3.24. The van der Waals surface area contributed by atoms with E-state index in [1.165, 1.54) is 15.8 Å². The van der Waals surface area contributed by atoms with E-state index in [9.17, 15) is 4.79 Å². The van der Waals surface area contributed by atoms with Gasteiger partial charge in [-0.1, -0.05) is 36.8 Å². The highest BCUT2D eigenvalue weighted by Gasteiger charge is 2.20. The van der Waals surface area contributed by atoms with Crippen LogP contribution in [0.15, 0.2) is 36.4 Å². The van der Waals surface area contributed by atoms with Gasteiger partial charge < -0.3 is 15.0 Å². The standard InChI is InChI=1S/C26H34N4O2S/c1-4-5-15-32-22-8-6-7-21(18-22)25(31)27-9-10-29-11-13-30(14-12-29)26-28-23-17-19(2)16-20(3)24(23)33-26/h6-8,16-18H,4-5,9-15H2,1-3H3,(H,27,31). The number of nitrogens with one attached hydrogen (secondary N) is 1. The van der Waals surface area contributed by atoms with Gasteiger partial charge in [-0.15, -0.1) is 0 Å². The summed E-state index contributed by atoms with van der Waals surface area (Å²) in [7, 11) is 0. The molecule has 176 valence electrons. The van der Waals surface area contributed by atoms with Crippen LogP contribution in [0.5, 0.6) is 5.75 Å². The molecule has 2 aromatic carbocycles. The first kappa shape index (κ1) is 23.5. The number of carbonyl (C=O) groups is 1. The molecule has 0 atom stereocenters. The Labute approximate surface area is 200 Å². The molecule has 0 spiro atoms. The summed E-state index contributed by atoms with van der Waals surface area (Å²) in [6, 6.07) is 11.8. The van der Waals surface area contributed by atoms with Gasteiger partial charge in [0.1, 0.15) is 5.75 Å². The topological polar surface area (TPSA) is 57.7 Å². The predicted octanol–water partition coefficient (Wildman–Crippen LogP) is 4.64. The van der Waals surface area contributed by atoms with Crippen LogP contribution in [0.3, 0.4) is 0 Å². The SMILES string of the molecule is CCCCOc1cccc(C(=O)NCCN2CCN(c3nc4cc(C)cc(C)c4s3)CC2)c1. The molecule has 0 unspecified atom stereocenters. The van der Waals surface area contributed by atoms with E-state index in [2.05, 4.69) is 48.0 Å². The molecule has 0 bridgehead atoms. The highest BCUT2D eigenvalue weighted by atomic mass is 32.1. The van der Waals surface area contributed by atoms with Crippen molar-refractivity contribution in [2.75, 3.05) is 50.8 Å². The fraction of sp³-hybridized carbons (Fsp3) is 0.462. The number of thiazole rings is 1. The minimum atomic E-state index is -0.0466. The number of amides is 1. The van der Waals surface area contributed by atoms with E-state index in [1.54, 1.807) is 11.3 Å². The van der Waals surface area contributed by atoms with Gasteiger partial charge in [0.25, 0.3) is 5.91 Å². The zero-order valence-electron chi connectivity index (χ0n) is 19.9. The number of anilines is 1. The lowest BCUT2D eigenvalue weighted by molar-refractivity contribution is 0.0947. The number of hydrogen-bond donors (Lipinski definition) is 1. The number of fused-ring (bicyclic) bond motifs is 1. The summed E-state index contributed by atoms with van der Waals surface area (Å²) in [6.45, 7) is 12.5. The highest BCUT2D eigenvalue weighted by Crippen LogP contribution is 2.32. The Hall–Kier alpha value is -2.64. The van der Waals surface area contributed by atoms with Crippen LogP contribution in [0.1, 0.15) is 41.3 Å². The number of aromatic nitrogens is 1. The van der Waals surface area contributed by atoms with Gasteiger partial charge in [-0.2, -0.15) is 0 Å². The van der Waals surface area contributed by atoms with Crippen molar-refractivity contribution in [1.82, 2.24) is 15.2 Å². The van der Waals surface area contributed by atoms with E-state index < -0.39 is 0 Å². The third kappa shape index (κ3) is 6.03. The number of benzene rings is 2. The van der Waals surface area contributed by atoms with E-state index in [1.807, 2.05) is 24.3 Å². The summed E-state index contributed by atoms with van der Waals surface area (Å²) in [6.07, 6.45) is 2.11. The lowest BCUT2D eigenvalue weighted by atomic mass is 10.1. The second-order valence-electron chi connectivity index (χ2n) is 8.74. The van der Waals surface area contributed by atoms with Gasteiger partial charge in [0.05, 0.1) is 16.8 Å². The smallest absolute Gasteiger partial charge is 0.251 e. The first-order valence-corrected chi connectivity index (χ1v) is 12.7. The molecule has 7 heteroatoms. The van der Waals surface area contributed by atoms with Gasteiger partial charge in [0.2, 0.25) is 0 Å². The van der Waals surface area contributed by atoms with Crippen molar-refractivity contribution >= 4 is 32.6 Å². The largest absolute Gasteiger partial charge is 0.494 e. The van der Waals surface area contributed by atoms with Crippen molar-refractivity contribution in [1.29, 1.82) is 0 Å². The molecule has 1 aliphatic rings. The molecule has 4 rings (SSSR count). The first-order chi connectivity index (χ1) is 16.0. The number of unbranched alkanes of at least 4 members (excludes halogenated alkanes) is 1. The number of ether oxygens (including phenoxy) is 1. The molecule has 1 N–H and O–H groups in total. The molecular formula is C26H34N4O2S. The summed E-state index contributed by atoms with van der Waals surface area (Å²) in [5.74, 6) is 0.710. The molecule has 0 radical (unpaired) electrons. The molecule has 1 aromatic heterocycles. The highest BCUT2D eigenvalue weighted by molar-refractivity contribution is 7.22.